The molecule has 24 heavy (non-hydrogen) atoms. The van der Waals surface area contributed by atoms with Crippen molar-refractivity contribution in [2.45, 2.75) is 5.38 Å². The fraction of sp³-hybridized carbons (Fsp3) is 0.0526. The summed E-state index contributed by atoms with van der Waals surface area (Å²) in [6, 6.07) is 14.2. The Hall–Kier alpha value is -1.24. The number of hydrogen-bond acceptors (Lipinski definition) is 1. The number of allylic oxidation sites excluding steroid dienone is 6. The number of alkyl halides is 1. The summed E-state index contributed by atoms with van der Waals surface area (Å²) in [6.07, 6.45) is 9.20. The summed E-state index contributed by atoms with van der Waals surface area (Å²) in [5.41, 5.74) is 0. The van der Waals surface area contributed by atoms with Gasteiger partial charge in [-0.25, -0.2) is 0 Å². The van der Waals surface area contributed by atoms with Crippen LogP contribution in [0.25, 0.3) is 0 Å². The van der Waals surface area contributed by atoms with Crippen LogP contribution in [0.5, 0.6) is 0 Å². The monoisotopic (exact) mass is 394 g/mol. The van der Waals surface area contributed by atoms with E-state index in [0.29, 0.717) is 26.0 Å². The summed E-state index contributed by atoms with van der Waals surface area (Å²) < 4.78 is 14.2. The minimum absolute atomic E-state index is 0.220. The molecule has 0 heterocycles. The van der Waals surface area contributed by atoms with Crippen molar-refractivity contribution in [3.63, 3.8) is 0 Å². The molecule has 0 aromatic heterocycles. The van der Waals surface area contributed by atoms with Crippen LogP contribution < -0.4 is 10.6 Å². The van der Waals surface area contributed by atoms with Gasteiger partial charge in [0, 0.05) is 26.0 Å². The fourth-order valence-electron chi connectivity index (χ4n) is 2.53. The van der Waals surface area contributed by atoms with Crippen molar-refractivity contribution < 1.29 is 4.57 Å². The molecule has 1 aliphatic carbocycles. The average Bonchev–Trinajstić information content (AvgIpc) is 2.80. The van der Waals surface area contributed by atoms with Crippen molar-refractivity contribution in [1.82, 2.24) is 0 Å². The fourth-order valence-corrected chi connectivity index (χ4v) is 5.56. The summed E-state index contributed by atoms with van der Waals surface area (Å²) >= 11 is 18.1. The first-order valence-electron chi connectivity index (χ1n) is 7.34. The molecule has 5 heteroatoms. The van der Waals surface area contributed by atoms with Gasteiger partial charge < -0.3 is 4.57 Å². The number of benzene rings is 2. The Labute approximate surface area is 156 Å². The largest absolute Gasteiger partial charge is 0.309 e. The van der Waals surface area contributed by atoms with Crippen LogP contribution in [0.1, 0.15) is 0 Å². The molecule has 2 aromatic carbocycles. The van der Waals surface area contributed by atoms with Gasteiger partial charge >= 0.3 is 0 Å². The lowest BCUT2D eigenvalue weighted by Gasteiger charge is -2.21. The molecule has 3 rings (SSSR count). The van der Waals surface area contributed by atoms with E-state index in [4.69, 9.17) is 34.8 Å². The molecule has 122 valence electrons. The molecule has 0 radical (unpaired) electrons. The lowest BCUT2D eigenvalue weighted by atomic mass is 10.4. The SMILES string of the molecule is O=P(C1=CC=CC(Cl)C=C1)(c1ccc(Cl)cc1)c1ccc(Cl)cc1. The number of rotatable bonds is 3. The number of halogens is 3. The second kappa shape index (κ2) is 7.33. The molecule has 0 amide bonds. The molecule has 1 unspecified atom stereocenters. The van der Waals surface area contributed by atoms with E-state index < -0.39 is 7.14 Å². The quantitative estimate of drug-likeness (QED) is 0.465. The molecule has 1 atom stereocenters. The summed E-state index contributed by atoms with van der Waals surface area (Å²) in [5, 5.41) is 3.13. The zero-order valence-electron chi connectivity index (χ0n) is 12.6. The molecule has 1 nitrogen and oxygen atoms in total. The highest BCUT2D eigenvalue weighted by molar-refractivity contribution is 7.82. The van der Waals surface area contributed by atoms with Crippen molar-refractivity contribution in [1.29, 1.82) is 0 Å². The summed E-state index contributed by atoms with van der Waals surface area (Å²) in [7, 11) is -3.05. The smallest absolute Gasteiger partial charge is 0.171 e. The molecule has 0 aliphatic heterocycles. The predicted molar refractivity (Wildman–Crippen MR) is 106 cm³/mol. The van der Waals surface area contributed by atoms with E-state index in [1.807, 2.05) is 30.4 Å². The Bertz CT molecular complexity index is 815. The zero-order valence-corrected chi connectivity index (χ0v) is 15.7. The van der Waals surface area contributed by atoms with E-state index >= 15 is 0 Å². The van der Waals surface area contributed by atoms with Gasteiger partial charge in [0.05, 0.1) is 5.38 Å². The van der Waals surface area contributed by atoms with Crippen molar-refractivity contribution in [3.8, 4) is 0 Å². The van der Waals surface area contributed by atoms with E-state index in [-0.39, 0.29) is 5.38 Å². The van der Waals surface area contributed by atoms with Crippen molar-refractivity contribution >= 4 is 52.6 Å². The van der Waals surface area contributed by atoms with Gasteiger partial charge in [0.25, 0.3) is 0 Å². The van der Waals surface area contributed by atoms with Gasteiger partial charge in [-0.3, -0.25) is 0 Å². The molecule has 0 fully saturated rings. The van der Waals surface area contributed by atoms with Crippen LogP contribution in [-0.2, 0) is 4.57 Å². The molecular weight excluding hydrogens is 382 g/mol. The van der Waals surface area contributed by atoms with E-state index in [2.05, 4.69) is 0 Å². The minimum Gasteiger partial charge on any atom is -0.309 e. The Balaban J connectivity index is 2.21. The van der Waals surface area contributed by atoms with Crippen LogP contribution in [0.15, 0.2) is 84.2 Å². The van der Waals surface area contributed by atoms with E-state index in [1.165, 1.54) is 0 Å². The molecule has 0 N–H and O–H groups in total. The van der Waals surface area contributed by atoms with Crippen molar-refractivity contribution in [2.75, 3.05) is 0 Å². The van der Waals surface area contributed by atoms with E-state index in [9.17, 15) is 4.57 Å². The zero-order chi connectivity index (χ0) is 17.2. The first-order valence-corrected chi connectivity index (χ1v) is 10.2. The molecule has 0 saturated carbocycles. The Kier molecular flexibility index (Phi) is 5.37. The molecule has 2 aromatic rings. The second-order valence-electron chi connectivity index (χ2n) is 5.34. The highest BCUT2D eigenvalue weighted by Gasteiger charge is 2.30. The average molecular weight is 396 g/mol. The Morgan fingerprint density at radius 2 is 1.29 bits per heavy atom. The van der Waals surface area contributed by atoms with Crippen LogP contribution in [0.3, 0.4) is 0 Å². The molecule has 0 bridgehead atoms. The summed E-state index contributed by atoms with van der Waals surface area (Å²) in [5.74, 6) is 0. The van der Waals surface area contributed by atoms with Gasteiger partial charge in [0.2, 0.25) is 0 Å². The third-order valence-corrected chi connectivity index (χ3v) is 7.63. The highest BCUT2D eigenvalue weighted by atomic mass is 35.5. The third-order valence-electron chi connectivity index (χ3n) is 3.76. The maximum absolute atomic E-state index is 14.2. The number of hydrogen-bond donors (Lipinski definition) is 0. The Morgan fingerprint density at radius 3 is 1.79 bits per heavy atom. The van der Waals surface area contributed by atoms with Gasteiger partial charge in [-0.05, 0) is 48.5 Å². The van der Waals surface area contributed by atoms with E-state index in [0.717, 1.165) is 0 Å². The predicted octanol–water partition coefficient (Wildman–Crippen LogP) is 5.92. The van der Waals surface area contributed by atoms with Crippen molar-refractivity contribution in [3.05, 3.63) is 94.3 Å². The minimum atomic E-state index is -3.05. The van der Waals surface area contributed by atoms with Crippen LogP contribution in [0.2, 0.25) is 10.0 Å². The van der Waals surface area contributed by atoms with E-state index in [1.54, 1.807) is 48.5 Å². The molecular formula is C19H14Cl3OP. The third kappa shape index (κ3) is 3.55. The lowest BCUT2D eigenvalue weighted by molar-refractivity contribution is 0.591. The van der Waals surface area contributed by atoms with Gasteiger partial charge in [0.15, 0.2) is 7.14 Å². The lowest BCUT2D eigenvalue weighted by Crippen LogP contribution is -2.17. The van der Waals surface area contributed by atoms with Gasteiger partial charge in [-0.15, -0.1) is 11.6 Å². The first-order chi connectivity index (χ1) is 11.5. The van der Waals surface area contributed by atoms with Crippen molar-refractivity contribution in [2.24, 2.45) is 0 Å². The summed E-state index contributed by atoms with van der Waals surface area (Å²) in [6.45, 7) is 0. The second-order valence-corrected chi connectivity index (χ2v) is 9.49. The van der Waals surface area contributed by atoms with Gasteiger partial charge in [0.1, 0.15) is 0 Å². The molecule has 0 saturated heterocycles. The topological polar surface area (TPSA) is 17.1 Å². The summed E-state index contributed by atoms with van der Waals surface area (Å²) in [4.78, 5) is 0. The van der Waals surface area contributed by atoms with Crippen LogP contribution >= 0.6 is 41.9 Å². The maximum Gasteiger partial charge on any atom is 0.171 e. The van der Waals surface area contributed by atoms with Crippen LogP contribution in [0, 0.1) is 0 Å². The first kappa shape index (κ1) is 17.6. The standard InChI is InChI=1S/C19H14Cl3OP/c20-14-2-1-3-17(9-4-14)24(23,18-10-5-15(21)6-11-18)19-12-7-16(22)8-13-19/h1-14H. The van der Waals surface area contributed by atoms with Crippen LogP contribution in [0.4, 0.5) is 0 Å². The maximum atomic E-state index is 14.2. The molecule has 0 spiro atoms. The highest BCUT2D eigenvalue weighted by Crippen LogP contribution is 2.53. The molecule has 1 aliphatic rings. The Morgan fingerprint density at radius 1 is 0.792 bits per heavy atom. The van der Waals surface area contributed by atoms with Crippen LogP contribution in [-0.4, -0.2) is 5.38 Å². The van der Waals surface area contributed by atoms with Gasteiger partial charge in [-0.1, -0.05) is 53.6 Å². The normalized spacial score (nSPS) is 17.5. The van der Waals surface area contributed by atoms with Gasteiger partial charge in [-0.2, -0.15) is 0 Å².